The van der Waals surface area contributed by atoms with Gasteiger partial charge in [-0.15, -0.1) is 0 Å². The highest BCUT2D eigenvalue weighted by Crippen LogP contribution is 2.44. The second kappa shape index (κ2) is 2.84. The Hall–Kier alpha value is -0.830. The van der Waals surface area contributed by atoms with E-state index < -0.39 is 5.60 Å². The van der Waals surface area contributed by atoms with Crippen LogP contribution in [0.25, 0.3) is 0 Å². The Kier molecular flexibility index (Phi) is 1.91. The van der Waals surface area contributed by atoms with Crippen LogP contribution in [0.5, 0.6) is 0 Å². The van der Waals surface area contributed by atoms with Crippen LogP contribution in [-0.2, 0) is 14.3 Å². The van der Waals surface area contributed by atoms with E-state index in [0.29, 0.717) is 0 Å². The zero-order valence-electron chi connectivity index (χ0n) is 7.79. The molecule has 0 radical (unpaired) electrons. The molecule has 0 aliphatic carbocycles. The summed E-state index contributed by atoms with van der Waals surface area (Å²) in [6.45, 7) is 5.16. The molecule has 0 N–H and O–H groups in total. The van der Waals surface area contributed by atoms with Crippen molar-refractivity contribution in [1.29, 1.82) is 0 Å². The first-order chi connectivity index (χ1) is 6.16. The standard InChI is InChI=1S/C10H14O3/c1-3-10(13-7(2)11)6-8-4-5-9(10)12-8/h3,8-9H,1,4-6H2,2H3. The number of carbonyl (C=O) groups excluding carboxylic acids is 1. The van der Waals surface area contributed by atoms with Gasteiger partial charge >= 0.3 is 5.97 Å². The quantitative estimate of drug-likeness (QED) is 0.478. The molecule has 72 valence electrons. The van der Waals surface area contributed by atoms with Crippen molar-refractivity contribution in [2.75, 3.05) is 0 Å². The van der Waals surface area contributed by atoms with Crippen molar-refractivity contribution in [3.63, 3.8) is 0 Å². The SMILES string of the molecule is C=CC1(OC(C)=O)CC2CCC1O2. The Labute approximate surface area is 77.7 Å². The Balaban J connectivity index is 2.17. The van der Waals surface area contributed by atoms with Crippen LogP contribution in [0.3, 0.4) is 0 Å². The second-order valence-corrected chi connectivity index (χ2v) is 3.78. The molecule has 2 heterocycles. The topological polar surface area (TPSA) is 35.5 Å². The van der Waals surface area contributed by atoms with Gasteiger partial charge in [0.2, 0.25) is 0 Å². The lowest BCUT2D eigenvalue weighted by atomic mass is 9.84. The fourth-order valence-corrected chi connectivity index (χ4v) is 2.33. The maximum atomic E-state index is 10.9. The highest BCUT2D eigenvalue weighted by Gasteiger charge is 2.53. The van der Waals surface area contributed by atoms with Gasteiger partial charge in [0.25, 0.3) is 0 Å². The summed E-state index contributed by atoms with van der Waals surface area (Å²) >= 11 is 0. The Morgan fingerprint density at radius 3 is 2.85 bits per heavy atom. The van der Waals surface area contributed by atoms with Gasteiger partial charge in [-0.1, -0.05) is 6.58 Å². The first kappa shape index (κ1) is 8.75. The average Bonchev–Trinajstić information content (AvgIpc) is 2.62. The molecule has 0 aromatic carbocycles. The highest BCUT2D eigenvalue weighted by atomic mass is 16.6. The van der Waals surface area contributed by atoms with E-state index in [1.165, 1.54) is 6.92 Å². The molecule has 0 saturated carbocycles. The van der Waals surface area contributed by atoms with Crippen LogP contribution in [-0.4, -0.2) is 23.8 Å². The molecule has 3 atom stereocenters. The molecule has 2 saturated heterocycles. The maximum absolute atomic E-state index is 10.9. The summed E-state index contributed by atoms with van der Waals surface area (Å²) in [5.74, 6) is -0.254. The summed E-state index contributed by atoms with van der Waals surface area (Å²) in [6.07, 6.45) is 4.87. The normalized spacial score (nSPS) is 41.9. The zero-order chi connectivity index (χ0) is 9.47. The molecular weight excluding hydrogens is 168 g/mol. The third-order valence-corrected chi connectivity index (χ3v) is 2.88. The highest BCUT2D eigenvalue weighted by molar-refractivity contribution is 5.67. The predicted molar refractivity (Wildman–Crippen MR) is 47.2 cm³/mol. The van der Waals surface area contributed by atoms with Crippen LogP contribution < -0.4 is 0 Å². The van der Waals surface area contributed by atoms with Gasteiger partial charge < -0.3 is 9.47 Å². The number of esters is 1. The number of rotatable bonds is 2. The van der Waals surface area contributed by atoms with E-state index in [-0.39, 0.29) is 18.2 Å². The number of hydrogen-bond acceptors (Lipinski definition) is 3. The van der Waals surface area contributed by atoms with Crippen molar-refractivity contribution in [3.8, 4) is 0 Å². The summed E-state index contributed by atoms with van der Waals surface area (Å²) in [5.41, 5.74) is -0.533. The van der Waals surface area contributed by atoms with Crippen molar-refractivity contribution < 1.29 is 14.3 Å². The van der Waals surface area contributed by atoms with Gasteiger partial charge in [-0.2, -0.15) is 0 Å². The summed E-state index contributed by atoms with van der Waals surface area (Å²) < 4.78 is 10.9. The third-order valence-electron chi connectivity index (χ3n) is 2.88. The molecule has 0 aromatic rings. The fourth-order valence-electron chi connectivity index (χ4n) is 2.33. The summed E-state index contributed by atoms with van der Waals surface area (Å²) in [6, 6.07) is 0. The van der Waals surface area contributed by atoms with Crippen molar-refractivity contribution >= 4 is 5.97 Å². The summed E-state index contributed by atoms with van der Waals surface area (Å²) in [7, 11) is 0. The largest absolute Gasteiger partial charge is 0.452 e. The smallest absolute Gasteiger partial charge is 0.303 e. The molecule has 13 heavy (non-hydrogen) atoms. The Bertz CT molecular complexity index is 249. The second-order valence-electron chi connectivity index (χ2n) is 3.78. The van der Waals surface area contributed by atoms with E-state index in [9.17, 15) is 4.79 Å². The minimum absolute atomic E-state index is 0.0406. The van der Waals surface area contributed by atoms with Gasteiger partial charge in [0, 0.05) is 13.3 Å². The predicted octanol–water partition coefficient (Wildman–Crippen LogP) is 1.43. The number of carbonyl (C=O) groups is 1. The molecule has 2 fully saturated rings. The van der Waals surface area contributed by atoms with Crippen LogP contribution in [0.2, 0.25) is 0 Å². The molecule has 2 aliphatic heterocycles. The van der Waals surface area contributed by atoms with E-state index >= 15 is 0 Å². The molecule has 3 heteroatoms. The minimum Gasteiger partial charge on any atom is -0.452 e. The molecule has 0 spiro atoms. The van der Waals surface area contributed by atoms with E-state index in [1.54, 1.807) is 6.08 Å². The van der Waals surface area contributed by atoms with Gasteiger partial charge in [-0.3, -0.25) is 4.79 Å². The first-order valence-corrected chi connectivity index (χ1v) is 4.65. The average molecular weight is 182 g/mol. The van der Waals surface area contributed by atoms with Crippen LogP contribution in [0, 0.1) is 0 Å². The van der Waals surface area contributed by atoms with E-state index in [0.717, 1.165) is 19.3 Å². The van der Waals surface area contributed by atoms with Crippen molar-refractivity contribution in [3.05, 3.63) is 12.7 Å². The molecule has 3 unspecified atom stereocenters. The number of fused-ring (bicyclic) bond motifs is 2. The van der Waals surface area contributed by atoms with Gasteiger partial charge in [0.15, 0.2) is 5.60 Å². The van der Waals surface area contributed by atoms with Gasteiger partial charge in [-0.05, 0) is 18.9 Å². The lowest BCUT2D eigenvalue weighted by Gasteiger charge is -2.31. The molecule has 2 aliphatic rings. The number of ether oxygens (including phenoxy) is 2. The zero-order valence-corrected chi connectivity index (χ0v) is 7.79. The van der Waals surface area contributed by atoms with Crippen LogP contribution in [0.15, 0.2) is 12.7 Å². The third kappa shape index (κ3) is 1.27. The number of hydrogen-bond donors (Lipinski definition) is 0. The van der Waals surface area contributed by atoms with E-state index in [2.05, 4.69) is 6.58 Å². The summed E-state index contributed by atoms with van der Waals surface area (Å²) in [5, 5.41) is 0. The van der Waals surface area contributed by atoms with E-state index in [1.807, 2.05) is 0 Å². The Morgan fingerprint density at radius 2 is 2.46 bits per heavy atom. The van der Waals surface area contributed by atoms with Gasteiger partial charge in [0.1, 0.15) is 6.10 Å². The minimum atomic E-state index is -0.533. The maximum Gasteiger partial charge on any atom is 0.303 e. The molecule has 0 aromatic heterocycles. The van der Waals surface area contributed by atoms with E-state index in [4.69, 9.17) is 9.47 Å². The van der Waals surface area contributed by atoms with Crippen LogP contribution in [0.1, 0.15) is 26.2 Å². The summed E-state index contributed by atoms with van der Waals surface area (Å²) in [4.78, 5) is 10.9. The molecular formula is C10H14O3. The monoisotopic (exact) mass is 182 g/mol. The van der Waals surface area contributed by atoms with Gasteiger partial charge in [-0.25, -0.2) is 0 Å². The Morgan fingerprint density at radius 1 is 1.69 bits per heavy atom. The fraction of sp³-hybridized carbons (Fsp3) is 0.700. The first-order valence-electron chi connectivity index (χ1n) is 4.65. The molecule has 3 nitrogen and oxygen atoms in total. The van der Waals surface area contributed by atoms with Crippen molar-refractivity contribution in [2.45, 2.75) is 44.0 Å². The van der Waals surface area contributed by atoms with Crippen LogP contribution >= 0.6 is 0 Å². The lowest BCUT2D eigenvalue weighted by Crippen LogP contribution is -2.41. The van der Waals surface area contributed by atoms with Crippen molar-refractivity contribution in [1.82, 2.24) is 0 Å². The molecule has 0 amide bonds. The van der Waals surface area contributed by atoms with Crippen LogP contribution in [0.4, 0.5) is 0 Å². The molecule has 2 bridgehead atoms. The lowest BCUT2D eigenvalue weighted by molar-refractivity contribution is -0.156. The van der Waals surface area contributed by atoms with Crippen molar-refractivity contribution in [2.24, 2.45) is 0 Å². The molecule has 2 rings (SSSR count). The van der Waals surface area contributed by atoms with Gasteiger partial charge in [0.05, 0.1) is 6.10 Å².